The fourth-order valence-corrected chi connectivity index (χ4v) is 3.84. The van der Waals surface area contributed by atoms with Gasteiger partial charge in [0.1, 0.15) is 11.3 Å². The molecule has 0 fully saturated rings. The number of hydrogen-bond donors (Lipinski definition) is 1. The summed E-state index contributed by atoms with van der Waals surface area (Å²) in [6.07, 6.45) is 10.5. The second-order valence-electron chi connectivity index (χ2n) is 7.39. The molecule has 0 radical (unpaired) electrons. The van der Waals surface area contributed by atoms with Crippen molar-refractivity contribution in [3.05, 3.63) is 65.6 Å². The molecule has 1 aromatic carbocycles. The highest BCUT2D eigenvalue weighted by Gasteiger charge is 2.11. The van der Waals surface area contributed by atoms with Crippen LogP contribution in [0.5, 0.6) is 0 Å². The number of benzene rings is 1. The van der Waals surface area contributed by atoms with Crippen LogP contribution in [0.1, 0.15) is 43.5 Å². The molecule has 3 aromatic rings. The molecule has 0 saturated heterocycles. The van der Waals surface area contributed by atoms with E-state index in [2.05, 4.69) is 21.4 Å². The summed E-state index contributed by atoms with van der Waals surface area (Å²) in [7, 11) is 0. The minimum atomic E-state index is 0.0788. The zero-order valence-corrected chi connectivity index (χ0v) is 16.3. The highest BCUT2D eigenvalue weighted by atomic mass is 16.1. The topological polar surface area (TPSA) is 59.8 Å². The maximum Gasteiger partial charge on any atom is 0.224 e. The number of allylic oxidation sites excluding steroid dienone is 1. The Bertz CT molecular complexity index is 1000. The number of nitrogens with one attached hydrogen (secondary N) is 1. The Morgan fingerprint density at radius 1 is 1.18 bits per heavy atom. The summed E-state index contributed by atoms with van der Waals surface area (Å²) in [4.78, 5) is 21.3. The summed E-state index contributed by atoms with van der Waals surface area (Å²) in [5.41, 5.74) is 5.24. The predicted octanol–water partition coefficient (Wildman–Crippen LogP) is 4.28. The van der Waals surface area contributed by atoms with Gasteiger partial charge in [0.05, 0.1) is 6.42 Å². The number of amides is 1. The number of carbonyl (C=O) groups is 1. The van der Waals surface area contributed by atoms with Crippen LogP contribution in [0.3, 0.4) is 0 Å². The first-order valence-electron chi connectivity index (χ1n) is 10.0. The van der Waals surface area contributed by atoms with Crippen LogP contribution in [-0.2, 0) is 11.2 Å². The Hall–Kier alpha value is -2.95. The third kappa shape index (κ3) is 4.14. The van der Waals surface area contributed by atoms with Gasteiger partial charge in [0, 0.05) is 18.4 Å². The highest BCUT2D eigenvalue weighted by Crippen LogP contribution is 2.20. The molecule has 5 heteroatoms. The van der Waals surface area contributed by atoms with E-state index >= 15 is 0 Å². The third-order valence-electron chi connectivity index (χ3n) is 5.30. The average Bonchev–Trinajstić information content (AvgIpc) is 3.05. The van der Waals surface area contributed by atoms with Gasteiger partial charge in [-0.2, -0.15) is 0 Å². The average molecular weight is 374 g/mol. The van der Waals surface area contributed by atoms with Gasteiger partial charge in [0.15, 0.2) is 5.65 Å². The molecule has 0 bridgehead atoms. The van der Waals surface area contributed by atoms with Crippen LogP contribution in [-0.4, -0.2) is 27.0 Å². The molecular formula is C23H26N4O. The largest absolute Gasteiger partial charge is 0.355 e. The molecule has 0 unspecified atom stereocenters. The molecule has 144 valence electrons. The SMILES string of the molecule is Cc1nc2cccnc2n1-c1ccc(CC(=O)NCCC2=CCCCC2)cc1. The number of rotatable bonds is 6. The standard InChI is InChI=1S/C23H26N4O/c1-17-26-21-8-5-14-25-23(21)27(17)20-11-9-19(10-12-20)16-22(28)24-15-13-18-6-3-2-4-7-18/h5-6,8-12,14H,2-4,7,13,15-16H2,1H3,(H,24,28). The van der Waals surface area contributed by atoms with Crippen LogP contribution in [0.2, 0.25) is 0 Å². The zero-order chi connectivity index (χ0) is 19.3. The first-order valence-corrected chi connectivity index (χ1v) is 10.0. The number of aryl methyl sites for hydroxylation is 1. The molecule has 5 nitrogen and oxygen atoms in total. The fourth-order valence-electron chi connectivity index (χ4n) is 3.84. The van der Waals surface area contributed by atoms with E-state index in [0.717, 1.165) is 41.2 Å². The van der Waals surface area contributed by atoms with Crippen LogP contribution >= 0.6 is 0 Å². The molecule has 0 saturated carbocycles. The van der Waals surface area contributed by atoms with Crippen molar-refractivity contribution in [3.8, 4) is 5.69 Å². The van der Waals surface area contributed by atoms with Crippen molar-refractivity contribution in [3.63, 3.8) is 0 Å². The number of imidazole rings is 1. The Balaban J connectivity index is 1.37. The summed E-state index contributed by atoms with van der Waals surface area (Å²) in [6.45, 7) is 2.71. The maximum absolute atomic E-state index is 12.2. The van der Waals surface area contributed by atoms with Crippen LogP contribution in [0, 0.1) is 6.92 Å². The van der Waals surface area contributed by atoms with Crippen molar-refractivity contribution >= 4 is 17.1 Å². The number of pyridine rings is 1. The molecule has 0 spiro atoms. The Morgan fingerprint density at radius 2 is 2.04 bits per heavy atom. The molecule has 1 amide bonds. The molecule has 4 rings (SSSR count). The number of nitrogens with zero attached hydrogens (tertiary/aromatic N) is 3. The normalized spacial score (nSPS) is 14.1. The summed E-state index contributed by atoms with van der Waals surface area (Å²) < 4.78 is 2.04. The van der Waals surface area contributed by atoms with Crippen molar-refractivity contribution in [2.24, 2.45) is 0 Å². The molecule has 1 aliphatic rings. The zero-order valence-electron chi connectivity index (χ0n) is 16.3. The van der Waals surface area contributed by atoms with E-state index in [0.29, 0.717) is 6.42 Å². The Morgan fingerprint density at radius 3 is 2.82 bits per heavy atom. The van der Waals surface area contributed by atoms with E-state index in [1.165, 1.54) is 31.3 Å². The van der Waals surface area contributed by atoms with Gasteiger partial charge in [-0.1, -0.05) is 23.8 Å². The molecule has 2 heterocycles. The molecule has 0 aliphatic heterocycles. The van der Waals surface area contributed by atoms with Gasteiger partial charge in [-0.15, -0.1) is 0 Å². The Kier molecular flexibility index (Phi) is 5.51. The summed E-state index contributed by atoms with van der Waals surface area (Å²) in [5.74, 6) is 0.978. The van der Waals surface area contributed by atoms with Gasteiger partial charge in [0.25, 0.3) is 0 Å². The first-order chi connectivity index (χ1) is 13.7. The van der Waals surface area contributed by atoms with E-state index in [1.807, 2.05) is 47.9 Å². The van der Waals surface area contributed by atoms with E-state index in [9.17, 15) is 4.79 Å². The molecule has 28 heavy (non-hydrogen) atoms. The van der Waals surface area contributed by atoms with Crippen molar-refractivity contribution in [1.29, 1.82) is 0 Å². The summed E-state index contributed by atoms with van der Waals surface area (Å²) >= 11 is 0. The van der Waals surface area contributed by atoms with E-state index in [1.54, 1.807) is 6.20 Å². The second kappa shape index (κ2) is 8.38. The van der Waals surface area contributed by atoms with Gasteiger partial charge in [-0.05, 0) is 68.9 Å². The smallest absolute Gasteiger partial charge is 0.224 e. The van der Waals surface area contributed by atoms with Gasteiger partial charge >= 0.3 is 0 Å². The van der Waals surface area contributed by atoms with E-state index < -0.39 is 0 Å². The van der Waals surface area contributed by atoms with Crippen molar-refractivity contribution in [2.45, 2.75) is 45.4 Å². The lowest BCUT2D eigenvalue weighted by Gasteiger charge is -2.13. The number of hydrogen-bond acceptors (Lipinski definition) is 3. The van der Waals surface area contributed by atoms with Gasteiger partial charge in [-0.3, -0.25) is 9.36 Å². The maximum atomic E-state index is 12.2. The molecule has 1 aliphatic carbocycles. The van der Waals surface area contributed by atoms with Crippen molar-refractivity contribution in [2.75, 3.05) is 6.54 Å². The van der Waals surface area contributed by atoms with E-state index in [-0.39, 0.29) is 5.91 Å². The van der Waals surface area contributed by atoms with E-state index in [4.69, 9.17) is 0 Å². The minimum Gasteiger partial charge on any atom is -0.355 e. The molecule has 1 N–H and O–H groups in total. The fraction of sp³-hybridized carbons (Fsp3) is 0.348. The highest BCUT2D eigenvalue weighted by molar-refractivity contribution is 5.78. The van der Waals surface area contributed by atoms with Crippen molar-refractivity contribution in [1.82, 2.24) is 19.9 Å². The summed E-state index contributed by atoms with van der Waals surface area (Å²) in [5, 5.41) is 3.05. The van der Waals surface area contributed by atoms with Crippen LogP contribution in [0.15, 0.2) is 54.2 Å². The van der Waals surface area contributed by atoms with Crippen LogP contribution in [0.25, 0.3) is 16.9 Å². The number of carbonyl (C=O) groups excluding carboxylic acids is 1. The van der Waals surface area contributed by atoms with Crippen molar-refractivity contribution < 1.29 is 4.79 Å². The number of fused-ring (bicyclic) bond motifs is 1. The van der Waals surface area contributed by atoms with Gasteiger partial charge in [0.2, 0.25) is 5.91 Å². The lowest BCUT2D eigenvalue weighted by molar-refractivity contribution is -0.120. The monoisotopic (exact) mass is 374 g/mol. The first kappa shape index (κ1) is 18.4. The summed E-state index contributed by atoms with van der Waals surface area (Å²) in [6, 6.07) is 11.9. The quantitative estimate of drug-likeness (QED) is 0.655. The van der Waals surface area contributed by atoms with Crippen LogP contribution < -0.4 is 5.32 Å². The van der Waals surface area contributed by atoms with Gasteiger partial charge in [-0.25, -0.2) is 9.97 Å². The molecular weight excluding hydrogens is 348 g/mol. The minimum absolute atomic E-state index is 0.0788. The van der Waals surface area contributed by atoms with Crippen LogP contribution in [0.4, 0.5) is 0 Å². The predicted molar refractivity (Wildman–Crippen MR) is 111 cm³/mol. The third-order valence-corrected chi connectivity index (χ3v) is 5.30. The molecule has 0 atom stereocenters. The lowest BCUT2D eigenvalue weighted by atomic mass is 9.97. The lowest BCUT2D eigenvalue weighted by Crippen LogP contribution is -2.26. The molecule has 2 aromatic heterocycles. The Labute approximate surface area is 165 Å². The second-order valence-corrected chi connectivity index (χ2v) is 7.39. The number of aromatic nitrogens is 3. The van der Waals surface area contributed by atoms with Gasteiger partial charge < -0.3 is 5.32 Å².